The number of aliphatic hydroxyl groups is 1. The van der Waals surface area contributed by atoms with E-state index >= 15 is 0 Å². The van der Waals surface area contributed by atoms with E-state index in [-0.39, 0.29) is 5.91 Å². The highest BCUT2D eigenvalue weighted by Crippen LogP contribution is 2.35. The summed E-state index contributed by atoms with van der Waals surface area (Å²) in [6.07, 6.45) is 0.784. The van der Waals surface area contributed by atoms with Crippen LogP contribution in [0, 0.1) is 0 Å². The Balaban J connectivity index is 1.46. The fourth-order valence-electron chi connectivity index (χ4n) is 3.68. The third-order valence-corrected chi connectivity index (χ3v) is 7.36. The predicted molar refractivity (Wildman–Crippen MR) is 113 cm³/mol. The quantitative estimate of drug-likeness (QED) is 0.635. The second kappa shape index (κ2) is 8.57. The van der Waals surface area contributed by atoms with Crippen molar-refractivity contribution in [3.63, 3.8) is 0 Å². The van der Waals surface area contributed by atoms with E-state index in [2.05, 4.69) is 5.32 Å². The molecule has 0 bridgehead atoms. The Morgan fingerprint density at radius 2 is 1.86 bits per heavy atom. The smallest absolute Gasteiger partial charge is 0.231 e. The molecular formula is C22H23NO3S2. The molecule has 2 N–H and O–H groups in total. The average molecular weight is 414 g/mol. The molecule has 2 aromatic heterocycles. The summed E-state index contributed by atoms with van der Waals surface area (Å²) in [7, 11) is 0. The molecule has 1 amide bonds. The molecule has 3 heterocycles. The van der Waals surface area contributed by atoms with Crippen molar-refractivity contribution in [3.8, 4) is 0 Å². The fraction of sp³-hybridized carbons (Fsp3) is 0.318. The van der Waals surface area contributed by atoms with Gasteiger partial charge in [0.2, 0.25) is 5.91 Å². The van der Waals surface area contributed by atoms with E-state index in [0.29, 0.717) is 32.6 Å². The molecule has 1 aromatic carbocycles. The maximum Gasteiger partial charge on any atom is 0.231 e. The summed E-state index contributed by atoms with van der Waals surface area (Å²) in [6.45, 7) is 1.66. The Morgan fingerprint density at radius 1 is 1.07 bits per heavy atom. The van der Waals surface area contributed by atoms with Crippen molar-refractivity contribution in [2.75, 3.05) is 13.2 Å². The SMILES string of the molecule is O=C(NCc1ccc(C(O)c2cccs2)s1)C1(c2ccccc2)CCOCC1. The van der Waals surface area contributed by atoms with Gasteiger partial charge < -0.3 is 15.2 Å². The van der Waals surface area contributed by atoms with E-state index in [1.807, 2.05) is 60.0 Å². The van der Waals surface area contributed by atoms with Gasteiger partial charge in [0.15, 0.2) is 0 Å². The van der Waals surface area contributed by atoms with Crippen LogP contribution in [0.4, 0.5) is 0 Å². The third-order valence-electron chi connectivity index (χ3n) is 5.30. The highest BCUT2D eigenvalue weighted by molar-refractivity contribution is 7.12. The Morgan fingerprint density at radius 3 is 2.57 bits per heavy atom. The van der Waals surface area contributed by atoms with Crippen molar-refractivity contribution >= 4 is 28.6 Å². The van der Waals surface area contributed by atoms with Crippen molar-refractivity contribution in [3.05, 3.63) is 80.2 Å². The Kier molecular flexibility index (Phi) is 5.92. The zero-order valence-corrected chi connectivity index (χ0v) is 17.1. The van der Waals surface area contributed by atoms with E-state index in [0.717, 1.165) is 20.2 Å². The Bertz CT molecular complexity index is 899. The molecule has 146 valence electrons. The van der Waals surface area contributed by atoms with Gasteiger partial charge in [0.1, 0.15) is 6.10 Å². The monoisotopic (exact) mass is 413 g/mol. The van der Waals surface area contributed by atoms with Crippen LogP contribution in [-0.4, -0.2) is 24.2 Å². The van der Waals surface area contributed by atoms with Gasteiger partial charge in [-0.3, -0.25) is 4.79 Å². The molecule has 3 aromatic rings. The number of hydrogen-bond donors (Lipinski definition) is 2. The van der Waals surface area contributed by atoms with Gasteiger partial charge in [0.25, 0.3) is 0 Å². The molecule has 1 aliphatic heterocycles. The van der Waals surface area contributed by atoms with Crippen LogP contribution in [0.15, 0.2) is 60.0 Å². The van der Waals surface area contributed by atoms with Crippen LogP contribution in [0.1, 0.15) is 39.1 Å². The Labute approximate surface area is 172 Å². The van der Waals surface area contributed by atoms with E-state index in [4.69, 9.17) is 4.74 Å². The van der Waals surface area contributed by atoms with E-state index in [9.17, 15) is 9.90 Å². The number of thiophene rings is 2. The lowest BCUT2D eigenvalue weighted by atomic mass is 9.73. The van der Waals surface area contributed by atoms with Crippen LogP contribution in [0.2, 0.25) is 0 Å². The predicted octanol–water partition coefficient (Wildman–Crippen LogP) is 4.26. The number of ether oxygens (including phenoxy) is 1. The molecule has 1 aliphatic rings. The third kappa shape index (κ3) is 3.91. The normalized spacial score (nSPS) is 17.2. The summed E-state index contributed by atoms with van der Waals surface area (Å²) in [5.41, 5.74) is 0.520. The molecule has 1 fully saturated rings. The molecular weight excluding hydrogens is 390 g/mol. The lowest BCUT2D eigenvalue weighted by molar-refractivity contribution is -0.130. The highest BCUT2D eigenvalue weighted by atomic mass is 32.1. The number of hydrogen-bond acceptors (Lipinski definition) is 5. The largest absolute Gasteiger partial charge is 0.382 e. The van der Waals surface area contributed by atoms with E-state index in [1.165, 1.54) is 11.3 Å². The zero-order valence-electron chi connectivity index (χ0n) is 15.5. The summed E-state index contributed by atoms with van der Waals surface area (Å²) < 4.78 is 5.52. The highest BCUT2D eigenvalue weighted by Gasteiger charge is 2.41. The maximum absolute atomic E-state index is 13.2. The minimum atomic E-state index is -0.597. The second-order valence-electron chi connectivity index (χ2n) is 6.97. The molecule has 0 aliphatic carbocycles. The zero-order chi connectivity index (χ0) is 19.4. The number of nitrogens with one attached hydrogen (secondary N) is 1. The summed E-state index contributed by atoms with van der Waals surface area (Å²) in [5, 5.41) is 15.6. The molecule has 0 saturated carbocycles. The molecule has 1 atom stereocenters. The number of amides is 1. The van der Waals surface area contributed by atoms with Crippen LogP contribution in [0.3, 0.4) is 0 Å². The number of aliphatic hydroxyl groups excluding tert-OH is 1. The minimum absolute atomic E-state index is 0.0516. The van der Waals surface area contributed by atoms with Crippen molar-refractivity contribution in [2.24, 2.45) is 0 Å². The van der Waals surface area contributed by atoms with Gasteiger partial charge >= 0.3 is 0 Å². The van der Waals surface area contributed by atoms with Gasteiger partial charge in [-0.05, 0) is 42.0 Å². The van der Waals surface area contributed by atoms with Crippen molar-refractivity contribution in [1.29, 1.82) is 0 Å². The van der Waals surface area contributed by atoms with Crippen LogP contribution in [0.25, 0.3) is 0 Å². The van der Waals surface area contributed by atoms with Gasteiger partial charge in [-0.15, -0.1) is 22.7 Å². The number of carbonyl (C=O) groups excluding carboxylic acids is 1. The van der Waals surface area contributed by atoms with Gasteiger partial charge in [-0.1, -0.05) is 36.4 Å². The fourth-order valence-corrected chi connectivity index (χ4v) is 5.44. The van der Waals surface area contributed by atoms with Crippen molar-refractivity contribution in [2.45, 2.75) is 30.9 Å². The Hall–Kier alpha value is -1.99. The van der Waals surface area contributed by atoms with Crippen LogP contribution in [0.5, 0.6) is 0 Å². The molecule has 0 radical (unpaired) electrons. The van der Waals surface area contributed by atoms with E-state index in [1.54, 1.807) is 11.3 Å². The number of rotatable bonds is 6. The molecule has 1 unspecified atom stereocenters. The molecule has 6 heteroatoms. The summed E-state index contributed by atoms with van der Waals surface area (Å²) in [6, 6.07) is 17.8. The summed E-state index contributed by atoms with van der Waals surface area (Å²) in [4.78, 5) is 16.1. The molecule has 28 heavy (non-hydrogen) atoms. The molecule has 0 spiro atoms. The first kappa shape index (κ1) is 19.3. The summed E-state index contributed by atoms with van der Waals surface area (Å²) >= 11 is 3.08. The second-order valence-corrected chi connectivity index (χ2v) is 9.14. The van der Waals surface area contributed by atoms with Gasteiger partial charge in [0.05, 0.1) is 12.0 Å². The van der Waals surface area contributed by atoms with Crippen LogP contribution < -0.4 is 5.32 Å². The topological polar surface area (TPSA) is 58.6 Å². The first-order valence-electron chi connectivity index (χ1n) is 9.41. The van der Waals surface area contributed by atoms with Crippen LogP contribution >= 0.6 is 22.7 Å². The van der Waals surface area contributed by atoms with Crippen LogP contribution in [-0.2, 0) is 21.5 Å². The average Bonchev–Trinajstić information content (AvgIpc) is 3.45. The van der Waals surface area contributed by atoms with E-state index < -0.39 is 11.5 Å². The van der Waals surface area contributed by atoms with Crippen molar-refractivity contribution in [1.82, 2.24) is 5.32 Å². The minimum Gasteiger partial charge on any atom is -0.382 e. The first-order chi connectivity index (χ1) is 13.7. The lowest BCUT2D eigenvalue weighted by Crippen LogP contribution is -2.47. The maximum atomic E-state index is 13.2. The van der Waals surface area contributed by atoms with Gasteiger partial charge in [-0.25, -0.2) is 0 Å². The molecule has 4 nitrogen and oxygen atoms in total. The lowest BCUT2D eigenvalue weighted by Gasteiger charge is -2.36. The summed E-state index contributed by atoms with van der Waals surface area (Å²) in [5.74, 6) is 0.0516. The van der Waals surface area contributed by atoms with Crippen molar-refractivity contribution < 1.29 is 14.6 Å². The standard InChI is InChI=1S/C22H23NO3S2/c24-20(18-7-4-14-27-18)19-9-8-17(28-19)15-23-21(25)22(10-12-26-13-11-22)16-5-2-1-3-6-16/h1-9,14,20,24H,10-13,15H2,(H,23,25). The van der Waals surface area contributed by atoms with Gasteiger partial charge in [0, 0.05) is 27.8 Å². The molecule has 4 rings (SSSR count). The molecule has 1 saturated heterocycles. The number of carbonyl (C=O) groups is 1. The first-order valence-corrected chi connectivity index (χ1v) is 11.1. The van der Waals surface area contributed by atoms with Gasteiger partial charge in [-0.2, -0.15) is 0 Å². The number of benzene rings is 1.